The van der Waals surface area contributed by atoms with E-state index in [2.05, 4.69) is 54.6 Å². The molecule has 0 saturated heterocycles. The summed E-state index contributed by atoms with van der Waals surface area (Å²) in [5.41, 5.74) is 4.99. The Balaban J connectivity index is 1.70. The maximum atomic E-state index is 5.58. The molecule has 0 unspecified atom stereocenters. The van der Waals surface area contributed by atoms with Gasteiger partial charge in [0.25, 0.3) is 0 Å². The van der Waals surface area contributed by atoms with Crippen LogP contribution in [0.4, 0.5) is 0 Å². The summed E-state index contributed by atoms with van der Waals surface area (Å²) >= 11 is 0. The molecule has 3 heteroatoms. The van der Waals surface area contributed by atoms with Gasteiger partial charge >= 0.3 is 0 Å². The second-order valence-corrected chi connectivity index (χ2v) is 6.41. The van der Waals surface area contributed by atoms with E-state index in [1.807, 2.05) is 12.1 Å². The SMILES string of the molecule is COc1ccc(CCCc2cccc(-c3ccccc3)c2)c(OC)c1OC. The first-order valence-electron chi connectivity index (χ1n) is 9.19. The summed E-state index contributed by atoms with van der Waals surface area (Å²) in [5, 5.41) is 0. The summed E-state index contributed by atoms with van der Waals surface area (Å²) in [4.78, 5) is 0. The molecule has 0 heterocycles. The highest BCUT2D eigenvalue weighted by atomic mass is 16.5. The Morgan fingerprint density at radius 1 is 0.630 bits per heavy atom. The summed E-state index contributed by atoms with van der Waals surface area (Å²) in [5.74, 6) is 2.10. The van der Waals surface area contributed by atoms with Crippen molar-refractivity contribution in [3.05, 3.63) is 77.9 Å². The molecule has 0 fully saturated rings. The van der Waals surface area contributed by atoms with Gasteiger partial charge in [-0.3, -0.25) is 0 Å². The van der Waals surface area contributed by atoms with Crippen LogP contribution in [-0.4, -0.2) is 21.3 Å². The first-order valence-corrected chi connectivity index (χ1v) is 9.19. The molecule has 27 heavy (non-hydrogen) atoms. The lowest BCUT2D eigenvalue weighted by molar-refractivity contribution is 0.322. The van der Waals surface area contributed by atoms with Crippen LogP contribution in [0.2, 0.25) is 0 Å². The number of methoxy groups -OCH3 is 3. The van der Waals surface area contributed by atoms with Crippen LogP contribution < -0.4 is 14.2 Å². The average molecular weight is 362 g/mol. The monoisotopic (exact) mass is 362 g/mol. The molecule has 0 atom stereocenters. The lowest BCUT2D eigenvalue weighted by Gasteiger charge is -2.15. The molecule has 0 aliphatic rings. The number of hydrogen-bond donors (Lipinski definition) is 0. The molecule has 3 nitrogen and oxygen atoms in total. The molecule has 0 saturated carbocycles. The summed E-state index contributed by atoms with van der Waals surface area (Å²) in [7, 11) is 4.94. The van der Waals surface area contributed by atoms with Crippen molar-refractivity contribution in [2.75, 3.05) is 21.3 Å². The predicted molar refractivity (Wildman–Crippen MR) is 110 cm³/mol. The molecule has 3 aromatic carbocycles. The molecule has 0 spiro atoms. The molecule has 3 rings (SSSR count). The predicted octanol–water partition coefficient (Wildman–Crippen LogP) is 5.55. The van der Waals surface area contributed by atoms with Gasteiger partial charge in [-0.1, -0.05) is 60.7 Å². The fourth-order valence-corrected chi connectivity index (χ4v) is 3.38. The standard InChI is InChI=1S/C24H26O3/c1-25-22-16-15-20(23(26-2)24(22)27-3)13-7-9-18-10-8-14-21(17-18)19-11-5-4-6-12-19/h4-6,8,10-12,14-17H,7,9,13H2,1-3H3. The number of hydrogen-bond acceptors (Lipinski definition) is 3. The van der Waals surface area contributed by atoms with Crippen molar-refractivity contribution in [1.29, 1.82) is 0 Å². The molecule has 0 bridgehead atoms. The van der Waals surface area contributed by atoms with Crippen molar-refractivity contribution in [1.82, 2.24) is 0 Å². The smallest absolute Gasteiger partial charge is 0.203 e. The third-order valence-corrected chi connectivity index (χ3v) is 4.73. The van der Waals surface area contributed by atoms with Crippen LogP contribution in [0.25, 0.3) is 11.1 Å². The highest BCUT2D eigenvalue weighted by molar-refractivity contribution is 5.64. The molecule has 0 aliphatic heterocycles. The zero-order valence-electron chi connectivity index (χ0n) is 16.2. The van der Waals surface area contributed by atoms with Crippen molar-refractivity contribution >= 4 is 0 Å². The molecule has 0 amide bonds. The average Bonchev–Trinajstić information content (AvgIpc) is 2.74. The van der Waals surface area contributed by atoms with Gasteiger partial charge in [-0.05, 0) is 47.6 Å². The number of rotatable bonds is 8. The van der Waals surface area contributed by atoms with E-state index in [9.17, 15) is 0 Å². The first-order chi connectivity index (χ1) is 13.3. The third kappa shape index (κ3) is 4.43. The molecule has 0 aromatic heterocycles. The Bertz CT molecular complexity index is 872. The van der Waals surface area contributed by atoms with E-state index in [0.717, 1.165) is 30.6 Å². The molecular formula is C24H26O3. The quantitative estimate of drug-likeness (QED) is 0.525. The fraction of sp³-hybridized carbons (Fsp3) is 0.250. The van der Waals surface area contributed by atoms with E-state index < -0.39 is 0 Å². The zero-order valence-corrected chi connectivity index (χ0v) is 16.2. The van der Waals surface area contributed by atoms with E-state index in [4.69, 9.17) is 14.2 Å². The van der Waals surface area contributed by atoms with Gasteiger partial charge in [0.1, 0.15) is 0 Å². The zero-order chi connectivity index (χ0) is 19.1. The van der Waals surface area contributed by atoms with Crippen LogP contribution in [0.3, 0.4) is 0 Å². The van der Waals surface area contributed by atoms with Gasteiger partial charge in [0.2, 0.25) is 5.75 Å². The largest absolute Gasteiger partial charge is 0.493 e. The maximum absolute atomic E-state index is 5.58. The van der Waals surface area contributed by atoms with Crippen LogP contribution in [0, 0.1) is 0 Å². The summed E-state index contributed by atoms with van der Waals surface area (Å²) in [6, 6.07) is 23.2. The maximum Gasteiger partial charge on any atom is 0.203 e. The lowest BCUT2D eigenvalue weighted by atomic mass is 9.99. The summed E-state index contributed by atoms with van der Waals surface area (Å²) < 4.78 is 16.4. The molecular weight excluding hydrogens is 336 g/mol. The van der Waals surface area contributed by atoms with Gasteiger partial charge in [-0.15, -0.1) is 0 Å². The fourth-order valence-electron chi connectivity index (χ4n) is 3.38. The summed E-state index contributed by atoms with van der Waals surface area (Å²) in [6.45, 7) is 0. The van der Waals surface area contributed by atoms with E-state index in [1.54, 1.807) is 21.3 Å². The normalized spacial score (nSPS) is 10.5. The minimum atomic E-state index is 0.656. The molecule has 0 N–H and O–H groups in total. The van der Waals surface area contributed by atoms with Crippen molar-refractivity contribution in [2.24, 2.45) is 0 Å². The Kier molecular flexibility index (Phi) is 6.37. The Hall–Kier alpha value is -2.94. The molecule has 3 aromatic rings. The Labute approximate surface area is 161 Å². The van der Waals surface area contributed by atoms with Crippen LogP contribution >= 0.6 is 0 Å². The molecule has 0 aliphatic carbocycles. The van der Waals surface area contributed by atoms with Gasteiger partial charge < -0.3 is 14.2 Å². The number of aryl methyl sites for hydroxylation is 2. The van der Waals surface area contributed by atoms with Crippen molar-refractivity contribution < 1.29 is 14.2 Å². The number of benzene rings is 3. The molecule has 140 valence electrons. The second-order valence-electron chi connectivity index (χ2n) is 6.41. The van der Waals surface area contributed by atoms with Crippen molar-refractivity contribution in [2.45, 2.75) is 19.3 Å². The van der Waals surface area contributed by atoms with Crippen LogP contribution in [0.1, 0.15) is 17.5 Å². The van der Waals surface area contributed by atoms with E-state index in [0.29, 0.717) is 11.5 Å². The minimum Gasteiger partial charge on any atom is -0.493 e. The van der Waals surface area contributed by atoms with Crippen LogP contribution in [0.15, 0.2) is 66.7 Å². The topological polar surface area (TPSA) is 27.7 Å². The Morgan fingerprint density at radius 3 is 2.07 bits per heavy atom. The van der Waals surface area contributed by atoms with E-state index >= 15 is 0 Å². The van der Waals surface area contributed by atoms with Gasteiger partial charge in [-0.2, -0.15) is 0 Å². The van der Waals surface area contributed by atoms with Gasteiger partial charge in [0.05, 0.1) is 21.3 Å². The van der Waals surface area contributed by atoms with E-state index in [1.165, 1.54) is 16.7 Å². The van der Waals surface area contributed by atoms with Gasteiger partial charge in [0.15, 0.2) is 11.5 Å². The highest BCUT2D eigenvalue weighted by Crippen LogP contribution is 2.40. The van der Waals surface area contributed by atoms with Gasteiger partial charge in [-0.25, -0.2) is 0 Å². The third-order valence-electron chi connectivity index (χ3n) is 4.73. The van der Waals surface area contributed by atoms with Crippen molar-refractivity contribution in [3.63, 3.8) is 0 Å². The van der Waals surface area contributed by atoms with Gasteiger partial charge in [0, 0.05) is 0 Å². The second kappa shape index (κ2) is 9.13. The Morgan fingerprint density at radius 2 is 1.37 bits per heavy atom. The van der Waals surface area contributed by atoms with Crippen molar-refractivity contribution in [3.8, 4) is 28.4 Å². The van der Waals surface area contributed by atoms with E-state index in [-0.39, 0.29) is 0 Å². The molecule has 0 radical (unpaired) electrons. The first kappa shape index (κ1) is 18.8. The van der Waals surface area contributed by atoms with Crippen LogP contribution in [-0.2, 0) is 12.8 Å². The number of ether oxygens (including phenoxy) is 3. The minimum absolute atomic E-state index is 0.656. The highest BCUT2D eigenvalue weighted by Gasteiger charge is 2.15. The summed E-state index contributed by atoms with van der Waals surface area (Å²) in [6.07, 6.45) is 2.96. The lowest BCUT2D eigenvalue weighted by Crippen LogP contribution is -2.00. The van der Waals surface area contributed by atoms with Crippen LogP contribution in [0.5, 0.6) is 17.2 Å².